The van der Waals surface area contributed by atoms with E-state index in [1.54, 1.807) is 23.3 Å². The van der Waals surface area contributed by atoms with Crippen LogP contribution in [0.2, 0.25) is 4.34 Å². The van der Waals surface area contributed by atoms with Gasteiger partial charge < -0.3 is 5.32 Å². The van der Waals surface area contributed by atoms with Crippen LogP contribution in [0.4, 0.5) is 5.69 Å². The van der Waals surface area contributed by atoms with Crippen molar-refractivity contribution in [3.8, 4) is 5.82 Å². The van der Waals surface area contributed by atoms with Crippen LogP contribution in [0.5, 0.6) is 0 Å². The van der Waals surface area contributed by atoms with Gasteiger partial charge in [0.1, 0.15) is 9.34 Å². The lowest BCUT2D eigenvalue weighted by atomic mass is 10.4. The topological polar surface area (TPSA) is 55.6 Å². The molecule has 0 aliphatic carbocycles. The smallest absolute Gasteiger partial charge is 0.153 e. The molecule has 19 heavy (non-hydrogen) atoms. The van der Waals surface area contributed by atoms with Crippen LogP contribution in [0.25, 0.3) is 5.82 Å². The fourth-order valence-electron chi connectivity index (χ4n) is 1.58. The third-order valence-corrected chi connectivity index (χ3v) is 3.57. The highest BCUT2D eigenvalue weighted by Gasteiger charge is 2.01. The summed E-state index contributed by atoms with van der Waals surface area (Å²) in [4.78, 5) is 8.51. The molecule has 0 spiro atoms. The molecule has 0 unspecified atom stereocenters. The number of hydrogen-bond donors (Lipinski definition) is 1. The zero-order chi connectivity index (χ0) is 13.1. The Hall–Kier alpha value is -1.92. The number of nitrogens with zero attached hydrogens (tertiary/aromatic N) is 4. The molecule has 0 amide bonds. The molecule has 3 rings (SSSR count). The van der Waals surface area contributed by atoms with Gasteiger partial charge in [0, 0.05) is 12.4 Å². The van der Waals surface area contributed by atoms with E-state index in [0.29, 0.717) is 10.9 Å². The standard InChI is InChI=1S/C12H10ClN5S/c13-10-7-16-12(19-10)8-14-9-2-3-11(15-6-9)18-5-1-4-17-18/h1-7,14H,8H2. The summed E-state index contributed by atoms with van der Waals surface area (Å²) in [6, 6.07) is 5.73. The van der Waals surface area contributed by atoms with Gasteiger partial charge in [0.2, 0.25) is 0 Å². The molecule has 0 radical (unpaired) electrons. The van der Waals surface area contributed by atoms with Crippen LogP contribution in [0.3, 0.4) is 0 Å². The molecule has 0 aliphatic rings. The number of thiazole rings is 1. The maximum atomic E-state index is 5.83. The number of pyridine rings is 1. The monoisotopic (exact) mass is 291 g/mol. The largest absolute Gasteiger partial charge is 0.377 e. The first-order chi connectivity index (χ1) is 9.31. The second kappa shape index (κ2) is 5.38. The molecule has 96 valence electrons. The minimum absolute atomic E-state index is 0.639. The van der Waals surface area contributed by atoms with E-state index < -0.39 is 0 Å². The van der Waals surface area contributed by atoms with E-state index in [-0.39, 0.29) is 0 Å². The second-order valence-corrected chi connectivity index (χ2v) is 5.51. The summed E-state index contributed by atoms with van der Waals surface area (Å²) >= 11 is 7.29. The van der Waals surface area contributed by atoms with E-state index >= 15 is 0 Å². The average molecular weight is 292 g/mol. The normalized spacial score (nSPS) is 10.6. The van der Waals surface area contributed by atoms with E-state index in [2.05, 4.69) is 20.4 Å². The maximum absolute atomic E-state index is 5.83. The number of aromatic nitrogens is 4. The van der Waals surface area contributed by atoms with E-state index in [0.717, 1.165) is 16.5 Å². The fraction of sp³-hybridized carbons (Fsp3) is 0.0833. The van der Waals surface area contributed by atoms with Gasteiger partial charge in [-0.3, -0.25) is 0 Å². The van der Waals surface area contributed by atoms with Gasteiger partial charge in [-0.2, -0.15) is 5.10 Å². The Balaban J connectivity index is 1.66. The minimum Gasteiger partial charge on any atom is -0.377 e. The minimum atomic E-state index is 0.639. The number of hydrogen-bond acceptors (Lipinski definition) is 5. The third kappa shape index (κ3) is 2.91. The van der Waals surface area contributed by atoms with Crippen molar-refractivity contribution in [3.63, 3.8) is 0 Å². The Kier molecular flexibility index (Phi) is 3.43. The second-order valence-electron chi connectivity index (χ2n) is 3.77. The molecule has 0 saturated heterocycles. The quantitative estimate of drug-likeness (QED) is 0.803. The highest BCUT2D eigenvalue weighted by atomic mass is 35.5. The van der Waals surface area contributed by atoms with Crippen molar-refractivity contribution >= 4 is 28.6 Å². The number of anilines is 1. The van der Waals surface area contributed by atoms with Gasteiger partial charge in [0.15, 0.2) is 5.82 Å². The molecule has 0 fully saturated rings. The van der Waals surface area contributed by atoms with Crippen molar-refractivity contribution in [2.24, 2.45) is 0 Å². The van der Waals surface area contributed by atoms with E-state index in [9.17, 15) is 0 Å². The van der Waals surface area contributed by atoms with E-state index in [1.807, 2.05) is 24.4 Å². The first-order valence-electron chi connectivity index (χ1n) is 5.61. The Labute approximate surface area is 118 Å². The summed E-state index contributed by atoms with van der Waals surface area (Å²) < 4.78 is 2.41. The van der Waals surface area contributed by atoms with Crippen LogP contribution in [0.1, 0.15) is 5.01 Å². The first-order valence-corrected chi connectivity index (χ1v) is 6.81. The summed E-state index contributed by atoms with van der Waals surface area (Å²) in [5.74, 6) is 0.785. The molecule has 0 aromatic carbocycles. The Morgan fingerprint density at radius 3 is 2.84 bits per heavy atom. The lowest BCUT2D eigenvalue weighted by Gasteiger charge is -2.05. The fourth-order valence-corrected chi connectivity index (χ4v) is 2.47. The lowest BCUT2D eigenvalue weighted by Crippen LogP contribution is -2.01. The summed E-state index contributed by atoms with van der Waals surface area (Å²) in [7, 11) is 0. The van der Waals surface area contributed by atoms with Crippen molar-refractivity contribution in [2.45, 2.75) is 6.54 Å². The molecule has 3 heterocycles. The summed E-state index contributed by atoms with van der Waals surface area (Å²) in [6.45, 7) is 0.639. The zero-order valence-corrected chi connectivity index (χ0v) is 11.4. The number of rotatable bonds is 4. The molecular weight excluding hydrogens is 282 g/mol. The lowest BCUT2D eigenvalue weighted by molar-refractivity contribution is 0.847. The number of halogens is 1. The maximum Gasteiger partial charge on any atom is 0.153 e. The van der Waals surface area contributed by atoms with Crippen LogP contribution >= 0.6 is 22.9 Å². The van der Waals surface area contributed by atoms with Gasteiger partial charge in [-0.25, -0.2) is 14.6 Å². The van der Waals surface area contributed by atoms with Gasteiger partial charge in [0.25, 0.3) is 0 Å². The SMILES string of the molecule is Clc1cnc(CNc2ccc(-n3cccn3)nc2)s1. The van der Waals surface area contributed by atoms with Gasteiger partial charge in [-0.05, 0) is 18.2 Å². The van der Waals surface area contributed by atoms with Crippen LogP contribution < -0.4 is 5.32 Å². The van der Waals surface area contributed by atoms with Crippen LogP contribution in [0.15, 0.2) is 43.0 Å². The van der Waals surface area contributed by atoms with Gasteiger partial charge in [-0.1, -0.05) is 11.6 Å². The average Bonchev–Trinajstić information content (AvgIpc) is 3.08. The predicted octanol–water partition coefficient (Wildman–Crippen LogP) is 2.99. The van der Waals surface area contributed by atoms with Crippen molar-refractivity contribution < 1.29 is 0 Å². The molecule has 0 atom stereocenters. The highest BCUT2D eigenvalue weighted by molar-refractivity contribution is 7.15. The molecule has 3 aromatic rings. The van der Waals surface area contributed by atoms with Crippen LogP contribution in [-0.2, 0) is 6.54 Å². The number of nitrogens with one attached hydrogen (secondary N) is 1. The summed E-state index contributed by atoms with van der Waals surface area (Å²) in [5, 5.41) is 8.31. The molecule has 7 heteroatoms. The van der Waals surface area contributed by atoms with Crippen molar-refractivity contribution in [2.75, 3.05) is 5.32 Å². The zero-order valence-electron chi connectivity index (χ0n) is 9.82. The molecule has 0 bridgehead atoms. The van der Waals surface area contributed by atoms with Crippen LogP contribution in [0, 0.1) is 0 Å². The van der Waals surface area contributed by atoms with Gasteiger partial charge in [-0.15, -0.1) is 11.3 Å². The molecule has 0 saturated carbocycles. The Bertz CT molecular complexity index is 647. The van der Waals surface area contributed by atoms with Crippen molar-refractivity contribution in [1.29, 1.82) is 0 Å². The van der Waals surface area contributed by atoms with Crippen molar-refractivity contribution in [1.82, 2.24) is 19.7 Å². The molecule has 3 aromatic heterocycles. The molecule has 0 aliphatic heterocycles. The van der Waals surface area contributed by atoms with Crippen LogP contribution in [-0.4, -0.2) is 19.7 Å². The van der Waals surface area contributed by atoms with Gasteiger partial charge in [0.05, 0.1) is 24.6 Å². The summed E-state index contributed by atoms with van der Waals surface area (Å²) in [5.41, 5.74) is 0.933. The Morgan fingerprint density at radius 2 is 2.21 bits per heavy atom. The third-order valence-electron chi connectivity index (χ3n) is 2.46. The summed E-state index contributed by atoms with van der Waals surface area (Å²) in [6.07, 6.45) is 7.00. The Morgan fingerprint density at radius 1 is 1.26 bits per heavy atom. The van der Waals surface area contributed by atoms with E-state index in [4.69, 9.17) is 11.6 Å². The molecule has 5 nitrogen and oxygen atoms in total. The highest BCUT2D eigenvalue weighted by Crippen LogP contribution is 2.19. The first kappa shape index (κ1) is 12.1. The molecule has 1 N–H and O–H groups in total. The predicted molar refractivity (Wildman–Crippen MR) is 75.8 cm³/mol. The van der Waals surface area contributed by atoms with E-state index in [1.165, 1.54) is 11.3 Å². The van der Waals surface area contributed by atoms with Gasteiger partial charge >= 0.3 is 0 Å². The molecular formula is C12H10ClN5S. The van der Waals surface area contributed by atoms with Crippen molar-refractivity contribution in [3.05, 3.63) is 52.3 Å².